The smallest absolute Gasteiger partial charge is 0.253 e. The lowest BCUT2D eigenvalue weighted by Gasteiger charge is -2.23. The number of amides is 1. The minimum atomic E-state index is 0.164. The van der Waals surface area contributed by atoms with Crippen LogP contribution in [0.2, 0.25) is 0 Å². The highest BCUT2D eigenvalue weighted by molar-refractivity contribution is 5.97. The molecule has 1 aromatic rings. The maximum Gasteiger partial charge on any atom is 0.253 e. The number of carbonyl (C=O) groups is 1. The number of nitrogens with zero attached hydrogens (tertiary/aromatic N) is 1. The van der Waals surface area contributed by atoms with E-state index in [-0.39, 0.29) is 5.91 Å². The average molecular weight is 260 g/mol. The van der Waals surface area contributed by atoms with Gasteiger partial charge in [-0.05, 0) is 37.0 Å². The lowest BCUT2D eigenvalue weighted by molar-refractivity contribution is 0.0791. The lowest BCUT2D eigenvalue weighted by atomic mass is 9.97. The second kappa shape index (κ2) is 6.60. The van der Waals surface area contributed by atoms with E-state index in [1.165, 1.54) is 18.4 Å². The largest absolute Gasteiger partial charge is 0.385 e. The molecule has 1 amide bonds. The van der Waals surface area contributed by atoms with Crippen molar-refractivity contribution in [3.63, 3.8) is 0 Å². The summed E-state index contributed by atoms with van der Waals surface area (Å²) >= 11 is 0. The van der Waals surface area contributed by atoms with Gasteiger partial charge in [0.15, 0.2) is 0 Å². The molecule has 1 aliphatic rings. The van der Waals surface area contributed by atoms with Gasteiger partial charge in [0.25, 0.3) is 5.91 Å². The van der Waals surface area contributed by atoms with Crippen molar-refractivity contribution in [1.82, 2.24) is 4.90 Å². The summed E-state index contributed by atoms with van der Waals surface area (Å²) < 4.78 is 0. The van der Waals surface area contributed by atoms with Gasteiger partial charge in [-0.2, -0.15) is 0 Å². The molecule has 1 N–H and O–H groups in total. The number of anilines is 1. The highest BCUT2D eigenvalue weighted by atomic mass is 16.2. The Labute approximate surface area is 116 Å². The molecule has 0 spiro atoms. The van der Waals surface area contributed by atoms with Crippen LogP contribution in [0.25, 0.3) is 0 Å². The summed E-state index contributed by atoms with van der Waals surface area (Å²) in [4.78, 5) is 14.4. The van der Waals surface area contributed by atoms with E-state index in [1.807, 2.05) is 24.1 Å². The molecule has 0 radical (unpaired) electrons. The Morgan fingerprint density at radius 3 is 3.00 bits per heavy atom. The number of carbonyl (C=O) groups excluding carboxylic acids is 1. The minimum Gasteiger partial charge on any atom is -0.385 e. The Morgan fingerprint density at radius 1 is 1.37 bits per heavy atom. The second-order valence-corrected chi connectivity index (χ2v) is 5.30. The molecule has 0 aromatic heterocycles. The number of hydrogen-bond donors (Lipinski definition) is 1. The van der Waals surface area contributed by atoms with E-state index in [2.05, 4.69) is 18.3 Å². The first-order valence-electron chi connectivity index (χ1n) is 7.35. The summed E-state index contributed by atoms with van der Waals surface area (Å²) in [5.74, 6) is 0.164. The fraction of sp³-hybridized carbons (Fsp3) is 0.562. The standard InChI is InChI=1S/C16H24N2O/c1-3-4-5-12-18(2)16(19)14-8-6-10-15-13(14)9-7-11-17-15/h6,8,10,17H,3-5,7,9,11-12H2,1-2H3. The van der Waals surface area contributed by atoms with Crippen LogP contribution in [-0.2, 0) is 6.42 Å². The molecule has 104 valence electrons. The van der Waals surface area contributed by atoms with Gasteiger partial charge in [0, 0.05) is 31.4 Å². The van der Waals surface area contributed by atoms with Gasteiger partial charge in [-0.1, -0.05) is 25.8 Å². The van der Waals surface area contributed by atoms with Crippen LogP contribution in [0.3, 0.4) is 0 Å². The number of nitrogens with one attached hydrogen (secondary N) is 1. The normalized spacial score (nSPS) is 13.6. The van der Waals surface area contributed by atoms with Gasteiger partial charge in [-0.15, -0.1) is 0 Å². The van der Waals surface area contributed by atoms with E-state index >= 15 is 0 Å². The van der Waals surface area contributed by atoms with Gasteiger partial charge in [0.1, 0.15) is 0 Å². The number of fused-ring (bicyclic) bond motifs is 1. The van der Waals surface area contributed by atoms with E-state index in [0.717, 1.165) is 43.6 Å². The quantitative estimate of drug-likeness (QED) is 0.824. The predicted molar refractivity (Wildman–Crippen MR) is 79.7 cm³/mol. The molecule has 2 rings (SSSR count). The van der Waals surface area contributed by atoms with E-state index in [9.17, 15) is 4.79 Å². The fourth-order valence-electron chi connectivity index (χ4n) is 2.62. The van der Waals surface area contributed by atoms with Crippen LogP contribution in [0.15, 0.2) is 18.2 Å². The van der Waals surface area contributed by atoms with Crippen molar-refractivity contribution in [2.24, 2.45) is 0 Å². The first kappa shape index (κ1) is 13.9. The van der Waals surface area contributed by atoms with Crippen molar-refractivity contribution in [2.75, 3.05) is 25.5 Å². The molecule has 0 fully saturated rings. The average Bonchev–Trinajstić information content (AvgIpc) is 2.46. The molecule has 1 aliphatic heterocycles. The van der Waals surface area contributed by atoms with E-state index < -0.39 is 0 Å². The topological polar surface area (TPSA) is 32.3 Å². The Hall–Kier alpha value is -1.51. The molecule has 1 aromatic carbocycles. The van der Waals surface area contributed by atoms with Gasteiger partial charge in [-0.25, -0.2) is 0 Å². The molecule has 19 heavy (non-hydrogen) atoms. The predicted octanol–water partition coefficient (Wildman–Crippen LogP) is 3.31. The molecular weight excluding hydrogens is 236 g/mol. The Kier molecular flexibility index (Phi) is 4.83. The van der Waals surface area contributed by atoms with Gasteiger partial charge < -0.3 is 10.2 Å². The van der Waals surface area contributed by atoms with Crippen LogP contribution in [0.4, 0.5) is 5.69 Å². The maximum atomic E-state index is 12.5. The maximum absolute atomic E-state index is 12.5. The van der Waals surface area contributed by atoms with Crippen molar-refractivity contribution < 1.29 is 4.79 Å². The summed E-state index contributed by atoms with van der Waals surface area (Å²) in [5.41, 5.74) is 3.21. The van der Waals surface area contributed by atoms with Gasteiger partial charge in [-0.3, -0.25) is 4.79 Å². The van der Waals surface area contributed by atoms with Crippen molar-refractivity contribution in [1.29, 1.82) is 0 Å². The third-order valence-electron chi connectivity index (χ3n) is 3.77. The van der Waals surface area contributed by atoms with Crippen LogP contribution in [0.1, 0.15) is 48.5 Å². The summed E-state index contributed by atoms with van der Waals surface area (Å²) in [6, 6.07) is 6.01. The van der Waals surface area contributed by atoms with Crippen LogP contribution >= 0.6 is 0 Å². The first-order valence-corrected chi connectivity index (χ1v) is 7.35. The molecule has 0 saturated heterocycles. The first-order chi connectivity index (χ1) is 9.24. The van der Waals surface area contributed by atoms with Crippen LogP contribution in [0.5, 0.6) is 0 Å². The van der Waals surface area contributed by atoms with Gasteiger partial charge in [0.05, 0.1) is 0 Å². The zero-order chi connectivity index (χ0) is 13.7. The molecule has 0 bridgehead atoms. The molecule has 0 atom stereocenters. The summed E-state index contributed by atoms with van der Waals surface area (Å²) in [5, 5.41) is 3.38. The monoisotopic (exact) mass is 260 g/mol. The Balaban J connectivity index is 2.10. The molecule has 0 aliphatic carbocycles. The van der Waals surface area contributed by atoms with Crippen LogP contribution < -0.4 is 5.32 Å². The van der Waals surface area contributed by atoms with E-state index in [1.54, 1.807) is 0 Å². The number of rotatable bonds is 5. The molecule has 1 heterocycles. The Morgan fingerprint density at radius 2 is 2.21 bits per heavy atom. The van der Waals surface area contributed by atoms with Crippen LogP contribution in [0, 0.1) is 0 Å². The highest BCUT2D eigenvalue weighted by Crippen LogP contribution is 2.26. The second-order valence-electron chi connectivity index (χ2n) is 5.30. The molecular formula is C16H24N2O. The van der Waals surface area contributed by atoms with Crippen molar-refractivity contribution in [2.45, 2.75) is 39.0 Å². The highest BCUT2D eigenvalue weighted by Gasteiger charge is 2.19. The van der Waals surface area contributed by atoms with Crippen molar-refractivity contribution in [3.05, 3.63) is 29.3 Å². The van der Waals surface area contributed by atoms with E-state index in [4.69, 9.17) is 0 Å². The zero-order valence-corrected chi connectivity index (χ0v) is 12.0. The molecule has 3 heteroatoms. The zero-order valence-electron chi connectivity index (χ0n) is 12.0. The number of benzene rings is 1. The Bertz CT molecular complexity index is 442. The van der Waals surface area contributed by atoms with Crippen LogP contribution in [-0.4, -0.2) is 30.9 Å². The fourth-order valence-corrected chi connectivity index (χ4v) is 2.62. The summed E-state index contributed by atoms with van der Waals surface area (Å²) in [6.07, 6.45) is 5.58. The minimum absolute atomic E-state index is 0.164. The van der Waals surface area contributed by atoms with Crippen molar-refractivity contribution >= 4 is 11.6 Å². The van der Waals surface area contributed by atoms with E-state index in [0.29, 0.717) is 0 Å². The molecule has 0 saturated carbocycles. The van der Waals surface area contributed by atoms with Crippen molar-refractivity contribution in [3.8, 4) is 0 Å². The third kappa shape index (κ3) is 3.28. The summed E-state index contributed by atoms with van der Waals surface area (Å²) in [6.45, 7) is 4.04. The third-order valence-corrected chi connectivity index (χ3v) is 3.77. The molecule has 0 unspecified atom stereocenters. The SMILES string of the molecule is CCCCCN(C)C(=O)c1cccc2c1CCCN2. The van der Waals surface area contributed by atoms with Gasteiger partial charge >= 0.3 is 0 Å². The molecule has 3 nitrogen and oxygen atoms in total. The summed E-state index contributed by atoms with van der Waals surface area (Å²) in [7, 11) is 1.91. The van der Waals surface area contributed by atoms with Gasteiger partial charge in [0.2, 0.25) is 0 Å². The number of hydrogen-bond acceptors (Lipinski definition) is 2. The number of unbranched alkanes of at least 4 members (excludes halogenated alkanes) is 2. The lowest BCUT2D eigenvalue weighted by Crippen LogP contribution is -2.29.